The number of benzene rings is 1. The third-order valence-electron chi connectivity index (χ3n) is 3.60. The van der Waals surface area contributed by atoms with Crippen molar-refractivity contribution in [1.82, 2.24) is 19.8 Å². The monoisotopic (exact) mass is 360 g/mol. The molecule has 1 aromatic carbocycles. The molecule has 0 fully saturated rings. The minimum atomic E-state index is -0.270. The van der Waals surface area contributed by atoms with E-state index in [0.717, 1.165) is 11.3 Å². The van der Waals surface area contributed by atoms with Crippen molar-refractivity contribution in [2.45, 2.75) is 19.0 Å². The van der Waals surface area contributed by atoms with Gasteiger partial charge in [-0.15, -0.1) is 5.10 Å². The molecule has 1 N–H and O–H groups in total. The van der Waals surface area contributed by atoms with Crippen molar-refractivity contribution in [1.29, 1.82) is 0 Å². The number of nitrogens with one attached hydrogen (secondary N) is 1. The zero-order chi connectivity index (χ0) is 18.0. The molecule has 3 rings (SSSR count). The van der Waals surface area contributed by atoms with Gasteiger partial charge in [-0.2, -0.15) is 5.10 Å². The van der Waals surface area contributed by atoms with Crippen LogP contribution in [0.25, 0.3) is 16.8 Å². The number of rotatable bonds is 6. The second kappa shape index (κ2) is 7.18. The van der Waals surface area contributed by atoms with Gasteiger partial charge in [0, 0.05) is 11.3 Å². The highest BCUT2D eigenvalue weighted by Crippen LogP contribution is 2.32. The fraction of sp³-hybridized carbons (Fsp3) is 0.353. The number of thioether (sulfide) groups is 1. The fourth-order valence-electron chi connectivity index (χ4n) is 2.36. The van der Waals surface area contributed by atoms with Crippen molar-refractivity contribution in [2.75, 3.05) is 20.0 Å². The van der Waals surface area contributed by atoms with E-state index in [4.69, 9.17) is 9.47 Å². The van der Waals surface area contributed by atoms with Crippen LogP contribution in [0.1, 0.15) is 13.8 Å². The van der Waals surface area contributed by atoms with Crippen LogP contribution in [0.3, 0.4) is 0 Å². The standard InChI is InChI=1S/C17H20N4O3S/c1-10(2)9-25-17-19-18-16(22)13-8-12(20-21(13)17)11-5-6-14(23-3)15(7-11)24-4/h5-8,10H,9H2,1-4H3,(H,18,22). The zero-order valence-corrected chi connectivity index (χ0v) is 15.4. The largest absolute Gasteiger partial charge is 0.493 e. The summed E-state index contributed by atoms with van der Waals surface area (Å²) in [5.41, 5.74) is 1.70. The van der Waals surface area contributed by atoms with Gasteiger partial charge >= 0.3 is 0 Å². The maximum atomic E-state index is 12.1. The number of hydrogen-bond acceptors (Lipinski definition) is 6. The van der Waals surface area contributed by atoms with Gasteiger partial charge in [0.05, 0.1) is 19.9 Å². The molecule has 0 unspecified atom stereocenters. The van der Waals surface area contributed by atoms with E-state index in [0.29, 0.717) is 33.8 Å². The molecule has 2 aromatic heterocycles. The summed E-state index contributed by atoms with van der Waals surface area (Å²) in [4.78, 5) is 12.1. The molecule has 0 aliphatic rings. The molecule has 0 bridgehead atoms. The first-order valence-electron chi connectivity index (χ1n) is 7.87. The van der Waals surface area contributed by atoms with Crippen LogP contribution < -0.4 is 15.0 Å². The number of nitrogens with zero attached hydrogens (tertiary/aromatic N) is 3. The Morgan fingerprint density at radius 1 is 1.20 bits per heavy atom. The lowest BCUT2D eigenvalue weighted by Gasteiger charge is -2.08. The Balaban J connectivity index is 2.08. The molecule has 132 valence electrons. The van der Waals surface area contributed by atoms with Crippen molar-refractivity contribution in [2.24, 2.45) is 5.92 Å². The second-order valence-corrected chi connectivity index (χ2v) is 6.92. The lowest BCUT2D eigenvalue weighted by Crippen LogP contribution is -2.14. The second-order valence-electron chi connectivity index (χ2n) is 5.94. The molecule has 25 heavy (non-hydrogen) atoms. The Morgan fingerprint density at radius 2 is 1.96 bits per heavy atom. The van der Waals surface area contributed by atoms with Crippen molar-refractivity contribution in [3.8, 4) is 22.8 Å². The van der Waals surface area contributed by atoms with Gasteiger partial charge in [-0.05, 0) is 30.2 Å². The van der Waals surface area contributed by atoms with E-state index < -0.39 is 0 Å². The van der Waals surface area contributed by atoms with Crippen LogP contribution in [0.5, 0.6) is 11.5 Å². The molecule has 0 atom stereocenters. The van der Waals surface area contributed by atoms with Gasteiger partial charge in [0.2, 0.25) is 5.16 Å². The first kappa shape index (κ1) is 17.3. The molecule has 2 heterocycles. The van der Waals surface area contributed by atoms with E-state index in [-0.39, 0.29) is 5.56 Å². The molecule has 0 saturated heterocycles. The molecule has 0 spiro atoms. The quantitative estimate of drug-likeness (QED) is 0.681. The van der Waals surface area contributed by atoms with Crippen molar-refractivity contribution < 1.29 is 9.47 Å². The molecule has 0 saturated carbocycles. The first-order valence-corrected chi connectivity index (χ1v) is 8.85. The zero-order valence-electron chi connectivity index (χ0n) is 14.6. The minimum Gasteiger partial charge on any atom is -0.493 e. The molecule has 0 amide bonds. The molecule has 0 aliphatic carbocycles. The first-order chi connectivity index (χ1) is 12.0. The van der Waals surface area contributed by atoms with Gasteiger partial charge in [-0.3, -0.25) is 4.79 Å². The van der Waals surface area contributed by atoms with E-state index >= 15 is 0 Å². The Kier molecular flexibility index (Phi) is 4.98. The van der Waals surface area contributed by atoms with Crippen LogP contribution in [0.2, 0.25) is 0 Å². The predicted octanol–water partition coefficient (Wildman–Crippen LogP) is 2.85. The van der Waals surface area contributed by atoms with Crippen LogP contribution in [-0.4, -0.2) is 39.8 Å². The topological polar surface area (TPSA) is 81.5 Å². The minimum absolute atomic E-state index is 0.270. The normalized spacial score (nSPS) is 11.2. The highest BCUT2D eigenvalue weighted by Gasteiger charge is 2.14. The third kappa shape index (κ3) is 3.48. The average molecular weight is 360 g/mol. The highest BCUT2D eigenvalue weighted by atomic mass is 32.2. The summed E-state index contributed by atoms with van der Waals surface area (Å²) in [5, 5.41) is 11.9. The molecular formula is C17H20N4O3S. The van der Waals surface area contributed by atoms with E-state index in [2.05, 4.69) is 29.1 Å². The summed E-state index contributed by atoms with van der Waals surface area (Å²) in [5.74, 6) is 2.65. The average Bonchev–Trinajstić information content (AvgIpc) is 3.06. The Bertz CT molecular complexity index is 949. The van der Waals surface area contributed by atoms with Gasteiger partial charge in [0.25, 0.3) is 5.56 Å². The molecule has 8 heteroatoms. The molecular weight excluding hydrogens is 340 g/mol. The van der Waals surface area contributed by atoms with Crippen molar-refractivity contribution in [3.05, 3.63) is 34.6 Å². The summed E-state index contributed by atoms with van der Waals surface area (Å²) in [6.45, 7) is 4.27. The predicted molar refractivity (Wildman–Crippen MR) is 97.7 cm³/mol. The maximum Gasteiger partial charge on any atom is 0.290 e. The van der Waals surface area contributed by atoms with Gasteiger partial charge in [-0.25, -0.2) is 9.61 Å². The lowest BCUT2D eigenvalue weighted by atomic mass is 10.1. The lowest BCUT2D eigenvalue weighted by molar-refractivity contribution is 0.355. The number of methoxy groups -OCH3 is 2. The summed E-state index contributed by atoms with van der Waals surface area (Å²) in [6, 6.07) is 7.28. The van der Waals surface area contributed by atoms with E-state index in [1.807, 2.05) is 18.2 Å². The van der Waals surface area contributed by atoms with Crippen molar-refractivity contribution in [3.63, 3.8) is 0 Å². The SMILES string of the molecule is COc1ccc(-c2cc3c(=O)[nH]nc(SCC(C)C)n3n2)cc1OC. The summed E-state index contributed by atoms with van der Waals surface area (Å²) in [7, 11) is 3.17. The van der Waals surface area contributed by atoms with Crippen LogP contribution in [-0.2, 0) is 0 Å². The van der Waals surface area contributed by atoms with E-state index in [9.17, 15) is 4.79 Å². The molecule has 0 aliphatic heterocycles. The number of aromatic nitrogens is 4. The molecule has 3 aromatic rings. The van der Waals surface area contributed by atoms with Crippen LogP contribution in [0.4, 0.5) is 0 Å². The number of ether oxygens (including phenoxy) is 2. The third-order valence-corrected chi connectivity index (χ3v) is 4.96. The summed E-state index contributed by atoms with van der Waals surface area (Å²) in [6.07, 6.45) is 0. The van der Waals surface area contributed by atoms with E-state index in [1.165, 1.54) is 0 Å². The van der Waals surface area contributed by atoms with Crippen molar-refractivity contribution >= 4 is 17.3 Å². The number of fused-ring (bicyclic) bond motifs is 1. The van der Waals surface area contributed by atoms with Crippen LogP contribution >= 0.6 is 11.8 Å². The Morgan fingerprint density at radius 3 is 2.64 bits per heavy atom. The fourth-order valence-corrected chi connectivity index (χ4v) is 3.22. The Labute approximate surface area is 149 Å². The van der Waals surface area contributed by atoms with Crippen LogP contribution in [0, 0.1) is 5.92 Å². The van der Waals surface area contributed by atoms with Gasteiger partial charge in [0.15, 0.2) is 11.5 Å². The Hall–Kier alpha value is -2.48. The summed E-state index contributed by atoms with van der Waals surface area (Å²) >= 11 is 1.56. The van der Waals surface area contributed by atoms with Gasteiger partial charge in [0.1, 0.15) is 5.52 Å². The molecule has 0 radical (unpaired) electrons. The van der Waals surface area contributed by atoms with E-state index in [1.54, 1.807) is 36.6 Å². The summed E-state index contributed by atoms with van der Waals surface area (Å²) < 4.78 is 12.2. The highest BCUT2D eigenvalue weighted by molar-refractivity contribution is 7.99. The number of aromatic amines is 1. The number of hydrogen-bond donors (Lipinski definition) is 1. The smallest absolute Gasteiger partial charge is 0.290 e. The molecule has 7 nitrogen and oxygen atoms in total. The van der Waals surface area contributed by atoms with Crippen LogP contribution in [0.15, 0.2) is 34.2 Å². The maximum absolute atomic E-state index is 12.1. The van der Waals surface area contributed by atoms with Gasteiger partial charge in [-0.1, -0.05) is 25.6 Å². The number of H-pyrrole nitrogens is 1. The van der Waals surface area contributed by atoms with Gasteiger partial charge < -0.3 is 9.47 Å².